The highest BCUT2D eigenvalue weighted by molar-refractivity contribution is 6.31. The van der Waals surface area contributed by atoms with Crippen molar-refractivity contribution in [2.45, 2.75) is 51.1 Å². The van der Waals surface area contributed by atoms with Crippen molar-refractivity contribution in [2.24, 2.45) is 0 Å². The Balaban J connectivity index is 4.50. The van der Waals surface area contributed by atoms with Gasteiger partial charge in [0.15, 0.2) is 0 Å². The summed E-state index contributed by atoms with van der Waals surface area (Å²) in [6.45, 7) is 4.53. The van der Waals surface area contributed by atoms with E-state index < -0.39 is 17.5 Å². The number of carbonyl (C=O) groups is 1. The average Bonchev–Trinajstić information content (AvgIpc) is 2.26. The van der Waals surface area contributed by atoms with Crippen molar-refractivity contribution < 1.29 is 18.0 Å². The molecule has 0 aliphatic heterocycles. The standard InChI is InChI=1S/C11H19ClF3NO/c1-3-5-7-16(8-6-4-2)10(17)9(12)11(13,14)15/h9H,3-8H2,1-2H3. The fourth-order valence-electron chi connectivity index (χ4n) is 1.33. The van der Waals surface area contributed by atoms with Crippen molar-refractivity contribution in [1.29, 1.82) is 0 Å². The zero-order valence-electron chi connectivity index (χ0n) is 10.2. The van der Waals surface area contributed by atoms with E-state index in [9.17, 15) is 18.0 Å². The summed E-state index contributed by atoms with van der Waals surface area (Å²) in [5, 5.41) is -2.42. The van der Waals surface area contributed by atoms with Crippen LogP contribution in [0.5, 0.6) is 0 Å². The average molecular weight is 274 g/mol. The minimum absolute atomic E-state index is 0.342. The summed E-state index contributed by atoms with van der Waals surface area (Å²) < 4.78 is 37.0. The van der Waals surface area contributed by atoms with E-state index in [0.717, 1.165) is 12.8 Å². The highest BCUT2D eigenvalue weighted by Gasteiger charge is 2.45. The van der Waals surface area contributed by atoms with Gasteiger partial charge in [-0.05, 0) is 12.8 Å². The van der Waals surface area contributed by atoms with Crippen LogP contribution in [0.2, 0.25) is 0 Å². The minimum atomic E-state index is -4.67. The number of hydrogen-bond acceptors (Lipinski definition) is 1. The number of amides is 1. The molecule has 2 nitrogen and oxygen atoms in total. The Kier molecular flexibility index (Phi) is 7.59. The topological polar surface area (TPSA) is 20.3 Å². The molecule has 17 heavy (non-hydrogen) atoms. The van der Waals surface area contributed by atoms with Gasteiger partial charge in [0.05, 0.1) is 0 Å². The van der Waals surface area contributed by atoms with E-state index in [1.54, 1.807) is 0 Å². The van der Waals surface area contributed by atoms with E-state index in [1.165, 1.54) is 4.90 Å². The van der Waals surface area contributed by atoms with Gasteiger partial charge in [-0.25, -0.2) is 0 Å². The Morgan fingerprint density at radius 1 is 1.18 bits per heavy atom. The molecule has 0 aliphatic rings. The first-order valence-corrected chi connectivity index (χ1v) is 6.27. The van der Waals surface area contributed by atoms with Crippen LogP contribution in [0, 0.1) is 0 Å². The molecule has 0 saturated carbocycles. The summed E-state index contributed by atoms with van der Waals surface area (Å²) in [5.41, 5.74) is 0. The Morgan fingerprint density at radius 3 is 1.88 bits per heavy atom. The third-order valence-corrected chi connectivity index (χ3v) is 2.81. The second kappa shape index (κ2) is 7.80. The number of nitrogens with zero attached hydrogens (tertiary/aromatic N) is 1. The fourth-order valence-corrected chi connectivity index (χ4v) is 1.47. The maximum atomic E-state index is 12.3. The molecule has 102 valence electrons. The molecular formula is C11H19ClF3NO. The van der Waals surface area contributed by atoms with Crippen LogP contribution in [0.3, 0.4) is 0 Å². The van der Waals surface area contributed by atoms with Crippen molar-refractivity contribution >= 4 is 17.5 Å². The van der Waals surface area contributed by atoms with Crippen molar-refractivity contribution in [3.05, 3.63) is 0 Å². The van der Waals surface area contributed by atoms with Crippen molar-refractivity contribution in [1.82, 2.24) is 4.90 Å². The zero-order valence-corrected chi connectivity index (χ0v) is 10.9. The van der Waals surface area contributed by atoms with Gasteiger partial charge in [0, 0.05) is 13.1 Å². The number of carbonyl (C=O) groups excluding carboxylic acids is 1. The van der Waals surface area contributed by atoms with E-state index in [0.29, 0.717) is 25.9 Å². The number of halogens is 4. The largest absolute Gasteiger partial charge is 0.413 e. The van der Waals surface area contributed by atoms with Gasteiger partial charge in [-0.15, -0.1) is 11.6 Å². The van der Waals surface area contributed by atoms with Gasteiger partial charge in [-0.3, -0.25) is 4.79 Å². The molecule has 0 heterocycles. The van der Waals surface area contributed by atoms with Gasteiger partial charge in [-0.1, -0.05) is 26.7 Å². The Bertz CT molecular complexity index is 225. The molecule has 1 amide bonds. The third-order valence-electron chi connectivity index (χ3n) is 2.38. The second-order valence-corrected chi connectivity index (χ2v) is 4.37. The summed E-state index contributed by atoms with van der Waals surface area (Å²) in [7, 11) is 0. The smallest absolute Gasteiger partial charge is 0.341 e. The lowest BCUT2D eigenvalue weighted by Crippen LogP contribution is -2.44. The van der Waals surface area contributed by atoms with Crippen LogP contribution in [-0.4, -0.2) is 35.4 Å². The van der Waals surface area contributed by atoms with Crippen molar-refractivity contribution in [2.75, 3.05) is 13.1 Å². The molecule has 0 fully saturated rings. The Hall–Kier alpha value is -0.450. The summed E-state index contributed by atoms with van der Waals surface area (Å²) in [6.07, 6.45) is -1.63. The first-order chi connectivity index (χ1) is 7.84. The second-order valence-electron chi connectivity index (χ2n) is 3.94. The predicted molar refractivity (Wildman–Crippen MR) is 62.1 cm³/mol. The van der Waals surface area contributed by atoms with Gasteiger partial charge < -0.3 is 4.90 Å². The first-order valence-electron chi connectivity index (χ1n) is 5.84. The van der Waals surface area contributed by atoms with Gasteiger partial charge in [0.2, 0.25) is 11.3 Å². The highest BCUT2D eigenvalue weighted by Crippen LogP contribution is 2.26. The van der Waals surface area contributed by atoms with Gasteiger partial charge >= 0.3 is 6.18 Å². The zero-order chi connectivity index (χ0) is 13.5. The predicted octanol–water partition coefficient (Wildman–Crippen LogP) is 3.58. The lowest BCUT2D eigenvalue weighted by molar-refractivity contribution is -0.159. The maximum absolute atomic E-state index is 12.3. The number of unbranched alkanes of at least 4 members (excludes halogenated alkanes) is 2. The Morgan fingerprint density at radius 2 is 1.59 bits per heavy atom. The molecule has 1 atom stereocenters. The molecule has 0 aliphatic carbocycles. The van der Waals surface area contributed by atoms with Crippen LogP contribution in [0.15, 0.2) is 0 Å². The molecule has 0 bridgehead atoms. The molecule has 6 heteroatoms. The lowest BCUT2D eigenvalue weighted by Gasteiger charge is -2.25. The third kappa shape index (κ3) is 6.15. The summed E-state index contributed by atoms with van der Waals surface area (Å²) in [5.74, 6) is -1.03. The monoisotopic (exact) mass is 273 g/mol. The SMILES string of the molecule is CCCCN(CCCC)C(=O)C(Cl)C(F)(F)F. The first kappa shape index (κ1) is 16.6. The number of hydrogen-bond donors (Lipinski definition) is 0. The van der Waals surface area contributed by atoms with Gasteiger partial charge in [0.25, 0.3) is 0 Å². The van der Waals surface area contributed by atoms with Crippen molar-refractivity contribution in [3.63, 3.8) is 0 Å². The fraction of sp³-hybridized carbons (Fsp3) is 0.909. The molecule has 0 aromatic rings. The minimum Gasteiger partial charge on any atom is -0.341 e. The summed E-state index contributed by atoms with van der Waals surface area (Å²) >= 11 is 5.14. The summed E-state index contributed by atoms with van der Waals surface area (Å²) in [4.78, 5) is 12.8. The van der Waals surface area contributed by atoms with Gasteiger partial charge in [0.1, 0.15) is 0 Å². The molecule has 0 aromatic heterocycles. The highest BCUT2D eigenvalue weighted by atomic mass is 35.5. The maximum Gasteiger partial charge on any atom is 0.413 e. The molecular weight excluding hydrogens is 255 g/mol. The van der Waals surface area contributed by atoms with Crippen LogP contribution in [0.1, 0.15) is 39.5 Å². The molecule has 1 unspecified atom stereocenters. The molecule has 0 saturated heterocycles. The van der Waals surface area contributed by atoms with E-state index in [2.05, 4.69) is 0 Å². The molecule has 0 radical (unpaired) electrons. The molecule has 0 aromatic carbocycles. The van der Waals surface area contributed by atoms with Crippen LogP contribution in [0.4, 0.5) is 13.2 Å². The molecule has 0 rings (SSSR count). The van der Waals surface area contributed by atoms with Crippen molar-refractivity contribution in [3.8, 4) is 0 Å². The lowest BCUT2D eigenvalue weighted by atomic mass is 10.2. The molecule has 0 spiro atoms. The van der Waals surface area contributed by atoms with E-state index >= 15 is 0 Å². The van der Waals surface area contributed by atoms with Gasteiger partial charge in [-0.2, -0.15) is 13.2 Å². The van der Waals surface area contributed by atoms with E-state index in [1.807, 2.05) is 13.8 Å². The summed E-state index contributed by atoms with van der Waals surface area (Å²) in [6, 6.07) is 0. The number of rotatable bonds is 7. The van der Waals surface area contributed by atoms with E-state index in [-0.39, 0.29) is 0 Å². The van der Waals surface area contributed by atoms with Crippen LogP contribution in [0.25, 0.3) is 0 Å². The van der Waals surface area contributed by atoms with Crippen LogP contribution in [-0.2, 0) is 4.79 Å². The van der Waals surface area contributed by atoms with Crippen LogP contribution < -0.4 is 0 Å². The number of alkyl halides is 4. The normalized spacial score (nSPS) is 13.5. The molecule has 0 N–H and O–H groups in total. The van der Waals surface area contributed by atoms with Crippen LogP contribution >= 0.6 is 11.6 Å². The quantitative estimate of drug-likeness (QED) is 0.649. The Labute approximate surface area is 105 Å². The van der Waals surface area contributed by atoms with E-state index in [4.69, 9.17) is 11.6 Å².